The van der Waals surface area contributed by atoms with Crippen LogP contribution in [0.2, 0.25) is 0 Å². The lowest BCUT2D eigenvalue weighted by molar-refractivity contribution is 0.208. The van der Waals surface area contributed by atoms with Crippen molar-refractivity contribution >= 4 is 10.4 Å². The highest BCUT2D eigenvalue weighted by Gasteiger charge is 2.10. The summed E-state index contributed by atoms with van der Waals surface area (Å²) in [7, 11) is -3.84. The van der Waals surface area contributed by atoms with Gasteiger partial charge < -0.3 is 0 Å². The highest BCUT2D eigenvalue weighted by molar-refractivity contribution is 7.81. The molecule has 0 spiro atoms. The van der Waals surface area contributed by atoms with Crippen molar-refractivity contribution in [3.8, 4) is 0 Å². The van der Waals surface area contributed by atoms with E-state index in [0.717, 1.165) is 5.56 Å². The highest BCUT2D eigenvalue weighted by Crippen LogP contribution is 2.05. The molecule has 15 heavy (non-hydrogen) atoms. The Kier molecular flexibility index (Phi) is 4.74. The van der Waals surface area contributed by atoms with Gasteiger partial charge in [-0.1, -0.05) is 37.3 Å². The second-order valence-electron chi connectivity index (χ2n) is 2.98. The Morgan fingerprint density at radius 2 is 1.80 bits per heavy atom. The average Bonchev–Trinajstić information content (AvgIpc) is 2.25. The van der Waals surface area contributed by atoms with Crippen LogP contribution in [0.5, 0.6) is 0 Å². The molecule has 1 rings (SSSR count). The monoisotopic (exact) mass is 230 g/mol. The summed E-state index contributed by atoms with van der Waals surface area (Å²) in [5.74, 6) is 0. The van der Waals surface area contributed by atoms with E-state index in [1.807, 2.05) is 25.1 Å². The lowest BCUT2D eigenvalue weighted by atomic mass is 10.2. The SMILES string of the molecule is CCCOS(=O)(=O)OCc1ccccc1. The predicted octanol–water partition coefficient (Wildman–Crippen LogP) is 1.87. The molecule has 1 aromatic rings. The maximum atomic E-state index is 11.1. The third-order valence-electron chi connectivity index (χ3n) is 1.64. The van der Waals surface area contributed by atoms with Gasteiger partial charge in [0.15, 0.2) is 0 Å². The molecule has 0 bridgehead atoms. The first-order valence-electron chi connectivity index (χ1n) is 4.72. The quantitative estimate of drug-likeness (QED) is 0.748. The molecule has 0 saturated heterocycles. The van der Waals surface area contributed by atoms with E-state index < -0.39 is 10.4 Å². The van der Waals surface area contributed by atoms with Gasteiger partial charge in [-0.15, -0.1) is 0 Å². The summed E-state index contributed by atoms with van der Waals surface area (Å²) in [6.07, 6.45) is 0.633. The molecule has 0 unspecified atom stereocenters. The molecule has 84 valence electrons. The lowest BCUT2D eigenvalue weighted by Gasteiger charge is -2.04. The summed E-state index contributed by atoms with van der Waals surface area (Å²) in [5, 5.41) is 0. The van der Waals surface area contributed by atoms with Crippen molar-refractivity contribution in [2.45, 2.75) is 20.0 Å². The van der Waals surface area contributed by atoms with Gasteiger partial charge in [-0.25, -0.2) is 8.37 Å². The zero-order valence-electron chi connectivity index (χ0n) is 8.55. The Morgan fingerprint density at radius 3 is 2.40 bits per heavy atom. The van der Waals surface area contributed by atoms with Crippen molar-refractivity contribution in [1.29, 1.82) is 0 Å². The Hall–Kier alpha value is -0.910. The van der Waals surface area contributed by atoms with Crippen LogP contribution < -0.4 is 0 Å². The van der Waals surface area contributed by atoms with Gasteiger partial charge in [-0.3, -0.25) is 0 Å². The fraction of sp³-hybridized carbons (Fsp3) is 0.400. The topological polar surface area (TPSA) is 52.6 Å². The van der Waals surface area contributed by atoms with E-state index in [2.05, 4.69) is 8.37 Å². The molecular weight excluding hydrogens is 216 g/mol. The molecule has 0 aliphatic heterocycles. The van der Waals surface area contributed by atoms with Crippen molar-refractivity contribution in [3.63, 3.8) is 0 Å². The van der Waals surface area contributed by atoms with Crippen LogP contribution in [0.1, 0.15) is 18.9 Å². The van der Waals surface area contributed by atoms with Gasteiger partial charge in [0.25, 0.3) is 0 Å². The van der Waals surface area contributed by atoms with Crippen molar-refractivity contribution in [3.05, 3.63) is 35.9 Å². The second kappa shape index (κ2) is 5.85. The first-order chi connectivity index (χ1) is 7.14. The lowest BCUT2D eigenvalue weighted by Crippen LogP contribution is -2.10. The Labute approximate surface area is 90.2 Å². The summed E-state index contributed by atoms with van der Waals surface area (Å²) in [6.45, 7) is 1.98. The average molecular weight is 230 g/mol. The van der Waals surface area contributed by atoms with Gasteiger partial charge >= 0.3 is 10.4 Å². The molecule has 0 fully saturated rings. The Balaban J connectivity index is 2.43. The molecule has 0 N–H and O–H groups in total. The largest absolute Gasteiger partial charge is 0.400 e. The summed E-state index contributed by atoms with van der Waals surface area (Å²) >= 11 is 0. The van der Waals surface area contributed by atoms with Crippen molar-refractivity contribution in [1.82, 2.24) is 0 Å². The van der Waals surface area contributed by atoms with Crippen molar-refractivity contribution in [2.24, 2.45) is 0 Å². The molecule has 5 heteroatoms. The Morgan fingerprint density at radius 1 is 1.13 bits per heavy atom. The van der Waals surface area contributed by atoms with Crippen LogP contribution >= 0.6 is 0 Å². The van der Waals surface area contributed by atoms with Crippen LogP contribution in [0, 0.1) is 0 Å². The molecule has 1 aromatic carbocycles. The molecule has 0 saturated carbocycles. The minimum Gasteiger partial charge on any atom is -0.248 e. The van der Waals surface area contributed by atoms with Gasteiger partial charge in [0.2, 0.25) is 0 Å². The summed E-state index contributed by atoms with van der Waals surface area (Å²) < 4.78 is 31.5. The summed E-state index contributed by atoms with van der Waals surface area (Å²) in [5.41, 5.74) is 0.793. The molecule has 0 amide bonds. The fourth-order valence-electron chi connectivity index (χ4n) is 0.934. The molecule has 0 atom stereocenters. The summed E-state index contributed by atoms with van der Waals surface area (Å²) in [6, 6.07) is 9.06. The van der Waals surface area contributed by atoms with Gasteiger partial charge in [0.05, 0.1) is 13.2 Å². The number of rotatable bonds is 6. The van der Waals surface area contributed by atoms with Gasteiger partial charge in [-0.2, -0.15) is 8.42 Å². The van der Waals surface area contributed by atoms with E-state index in [1.54, 1.807) is 12.1 Å². The molecule has 0 aliphatic carbocycles. The van der Waals surface area contributed by atoms with Gasteiger partial charge in [-0.05, 0) is 12.0 Å². The van der Waals surface area contributed by atoms with Gasteiger partial charge in [0, 0.05) is 0 Å². The van der Waals surface area contributed by atoms with Crippen LogP contribution in [0.25, 0.3) is 0 Å². The second-order valence-corrected chi connectivity index (χ2v) is 4.27. The Bertz CT molecular complexity index is 372. The maximum absolute atomic E-state index is 11.1. The minimum atomic E-state index is -3.84. The highest BCUT2D eigenvalue weighted by atomic mass is 32.3. The molecule has 0 radical (unpaired) electrons. The third kappa shape index (κ3) is 4.92. The molecule has 0 aliphatic rings. The van der Waals surface area contributed by atoms with Crippen molar-refractivity contribution < 1.29 is 16.8 Å². The van der Waals surface area contributed by atoms with E-state index in [-0.39, 0.29) is 13.2 Å². The molecular formula is C10H14O4S. The standard InChI is InChI=1S/C10H14O4S/c1-2-8-13-15(11,12)14-9-10-6-4-3-5-7-10/h3-7H,2,8-9H2,1H3. The van der Waals surface area contributed by atoms with E-state index in [1.165, 1.54) is 0 Å². The molecule has 0 heterocycles. The zero-order chi connectivity index (χ0) is 11.1. The van der Waals surface area contributed by atoms with E-state index in [9.17, 15) is 8.42 Å². The third-order valence-corrected chi connectivity index (χ3v) is 2.51. The normalized spacial score (nSPS) is 11.5. The smallest absolute Gasteiger partial charge is 0.248 e. The van der Waals surface area contributed by atoms with E-state index in [0.29, 0.717) is 6.42 Å². The maximum Gasteiger partial charge on any atom is 0.400 e. The van der Waals surface area contributed by atoms with Crippen molar-refractivity contribution in [2.75, 3.05) is 6.61 Å². The van der Waals surface area contributed by atoms with Crippen LogP contribution in [0.4, 0.5) is 0 Å². The number of hydrogen-bond acceptors (Lipinski definition) is 4. The van der Waals surface area contributed by atoms with Crippen LogP contribution in [0.3, 0.4) is 0 Å². The summed E-state index contributed by atoms with van der Waals surface area (Å²) in [4.78, 5) is 0. The van der Waals surface area contributed by atoms with E-state index >= 15 is 0 Å². The van der Waals surface area contributed by atoms with Gasteiger partial charge in [0.1, 0.15) is 0 Å². The van der Waals surface area contributed by atoms with Crippen LogP contribution in [-0.4, -0.2) is 15.0 Å². The number of hydrogen-bond donors (Lipinski definition) is 0. The molecule has 4 nitrogen and oxygen atoms in total. The van der Waals surface area contributed by atoms with Crippen LogP contribution in [0.15, 0.2) is 30.3 Å². The zero-order valence-corrected chi connectivity index (χ0v) is 9.37. The fourth-order valence-corrected chi connectivity index (χ4v) is 1.65. The predicted molar refractivity (Wildman–Crippen MR) is 56.4 cm³/mol. The number of benzene rings is 1. The van der Waals surface area contributed by atoms with Crippen LogP contribution in [-0.2, 0) is 25.4 Å². The minimum absolute atomic E-state index is 0.00683. The first kappa shape index (κ1) is 12.2. The molecule has 0 aromatic heterocycles. The van der Waals surface area contributed by atoms with E-state index in [4.69, 9.17) is 0 Å². The first-order valence-corrected chi connectivity index (χ1v) is 6.05.